The number of hydrogen-bond donors (Lipinski definition) is 1. The second-order valence-corrected chi connectivity index (χ2v) is 6.16. The van der Waals surface area contributed by atoms with Crippen molar-refractivity contribution in [1.82, 2.24) is 14.7 Å². The predicted octanol–water partition coefficient (Wildman–Crippen LogP) is 1.66. The molecule has 1 aromatic heterocycles. The zero-order chi connectivity index (χ0) is 14.9. The zero-order valence-electron chi connectivity index (χ0n) is 12.2. The summed E-state index contributed by atoms with van der Waals surface area (Å²) >= 11 is 0. The molecule has 0 radical (unpaired) electrons. The number of carboxylic acids is 1. The molecule has 1 N–H and O–H groups in total. The van der Waals surface area contributed by atoms with Gasteiger partial charge in [-0.25, -0.2) is 4.79 Å². The molecule has 1 amide bonds. The third-order valence-corrected chi connectivity index (χ3v) is 4.06. The molecule has 20 heavy (non-hydrogen) atoms. The van der Waals surface area contributed by atoms with E-state index in [-0.39, 0.29) is 16.9 Å². The number of rotatable bonds is 3. The van der Waals surface area contributed by atoms with E-state index < -0.39 is 5.97 Å². The summed E-state index contributed by atoms with van der Waals surface area (Å²) in [7, 11) is 1.70. The van der Waals surface area contributed by atoms with Crippen LogP contribution in [0.3, 0.4) is 0 Å². The van der Waals surface area contributed by atoms with E-state index in [1.54, 1.807) is 11.9 Å². The molecule has 1 aliphatic heterocycles. The fourth-order valence-corrected chi connectivity index (χ4v) is 2.47. The van der Waals surface area contributed by atoms with Crippen molar-refractivity contribution in [2.45, 2.75) is 39.7 Å². The molecule has 1 aliphatic rings. The van der Waals surface area contributed by atoms with E-state index in [1.165, 1.54) is 10.9 Å². The van der Waals surface area contributed by atoms with Crippen molar-refractivity contribution in [1.29, 1.82) is 0 Å². The molecule has 0 saturated carbocycles. The normalized spacial score (nSPS) is 18.9. The smallest absolute Gasteiger partial charge is 0.339 e. The van der Waals surface area contributed by atoms with Crippen molar-refractivity contribution >= 4 is 11.9 Å². The molecule has 0 unspecified atom stereocenters. The van der Waals surface area contributed by atoms with Crippen molar-refractivity contribution in [2.24, 2.45) is 12.5 Å². The van der Waals surface area contributed by atoms with Crippen molar-refractivity contribution in [3.8, 4) is 0 Å². The van der Waals surface area contributed by atoms with Crippen LogP contribution in [0, 0.1) is 5.41 Å². The third kappa shape index (κ3) is 3.00. The Morgan fingerprint density at radius 3 is 2.80 bits per heavy atom. The van der Waals surface area contributed by atoms with Gasteiger partial charge in [-0.3, -0.25) is 9.48 Å². The molecule has 0 atom stereocenters. The SMILES string of the molecule is Cn1ncc(C(=O)O)c1CN1CCC(C)(C)CCC1=O. The highest BCUT2D eigenvalue weighted by atomic mass is 16.4. The van der Waals surface area contributed by atoms with Crippen molar-refractivity contribution in [2.75, 3.05) is 6.54 Å². The second kappa shape index (κ2) is 5.26. The van der Waals surface area contributed by atoms with Gasteiger partial charge < -0.3 is 10.0 Å². The molecule has 0 aromatic carbocycles. The number of likely N-dealkylation sites (tertiary alicyclic amines) is 1. The molecule has 110 valence electrons. The predicted molar refractivity (Wildman–Crippen MR) is 73.2 cm³/mol. The quantitative estimate of drug-likeness (QED) is 0.913. The Balaban J connectivity index is 2.19. The molecular formula is C14H21N3O3. The lowest BCUT2D eigenvalue weighted by Gasteiger charge is -2.23. The topological polar surface area (TPSA) is 75.4 Å². The summed E-state index contributed by atoms with van der Waals surface area (Å²) in [5.74, 6) is -0.913. The summed E-state index contributed by atoms with van der Waals surface area (Å²) < 4.78 is 1.53. The van der Waals surface area contributed by atoms with Gasteiger partial charge in [-0.15, -0.1) is 0 Å². The Kier molecular flexibility index (Phi) is 3.83. The largest absolute Gasteiger partial charge is 0.478 e. The van der Waals surface area contributed by atoms with E-state index in [2.05, 4.69) is 18.9 Å². The lowest BCUT2D eigenvalue weighted by molar-refractivity contribution is -0.131. The molecule has 0 aliphatic carbocycles. The summed E-state index contributed by atoms with van der Waals surface area (Å²) in [5, 5.41) is 13.1. The first-order valence-corrected chi connectivity index (χ1v) is 6.82. The van der Waals surface area contributed by atoms with Gasteiger partial charge in [0.15, 0.2) is 0 Å². The molecule has 2 heterocycles. The fourth-order valence-electron chi connectivity index (χ4n) is 2.47. The number of amides is 1. The Bertz CT molecular complexity index is 534. The average Bonchev–Trinajstić information content (AvgIpc) is 2.67. The van der Waals surface area contributed by atoms with Crippen LogP contribution in [-0.2, 0) is 18.4 Å². The fraction of sp³-hybridized carbons (Fsp3) is 0.643. The van der Waals surface area contributed by atoms with Crippen molar-refractivity contribution < 1.29 is 14.7 Å². The summed E-state index contributed by atoms with van der Waals surface area (Å²) in [4.78, 5) is 25.1. The van der Waals surface area contributed by atoms with Crippen LogP contribution in [0.4, 0.5) is 0 Å². The van der Waals surface area contributed by atoms with Gasteiger partial charge in [-0.2, -0.15) is 5.10 Å². The Labute approximate surface area is 118 Å². The van der Waals surface area contributed by atoms with E-state index in [1.807, 2.05) is 0 Å². The number of nitrogens with zero attached hydrogens (tertiary/aromatic N) is 3. The lowest BCUT2D eigenvalue weighted by Crippen LogP contribution is -2.31. The highest BCUT2D eigenvalue weighted by molar-refractivity contribution is 5.88. The molecule has 2 rings (SSSR count). The minimum absolute atomic E-state index is 0.0908. The van der Waals surface area contributed by atoms with Gasteiger partial charge in [0.05, 0.1) is 18.4 Å². The van der Waals surface area contributed by atoms with Gasteiger partial charge in [0.1, 0.15) is 5.56 Å². The van der Waals surface area contributed by atoms with Gasteiger partial charge in [0, 0.05) is 20.0 Å². The summed E-state index contributed by atoms with van der Waals surface area (Å²) in [6.07, 6.45) is 3.66. The van der Waals surface area contributed by atoms with Gasteiger partial charge in [0.2, 0.25) is 5.91 Å². The van der Waals surface area contributed by atoms with Gasteiger partial charge in [-0.1, -0.05) is 13.8 Å². The van der Waals surface area contributed by atoms with E-state index in [9.17, 15) is 9.59 Å². The minimum Gasteiger partial charge on any atom is -0.478 e. The first-order chi connectivity index (χ1) is 9.30. The maximum absolute atomic E-state index is 12.2. The molecule has 1 aromatic rings. The highest BCUT2D eigenvalue weighted by Crippen LogP contribution is 2.30. The van der Waals surface area contributed by atoms with E-state index >= 15 is 0 Å². The number of aromatic carboxylic acids is 1. The van der Waals surface area contributed by atoms with E-state index in [4.69, 9.17) is 5.11 Å². The van der Waals surface area contributed by atoms with Crippen LogP contribution in [0.2, 0.25) is 0 Å². The van der Waals surface area contributed by atoms with Gasteiger partial charge in [0.25, 0.3) is 0 Å². The van der Waals surface area contributed by atoms with Crippen LogP contribution in [0.1, 0.15) is 49.2 Å². The second-order valence-electron chi connectivity index (χ2n) is 6.16. The molecular weight excluding hydrogens is 258 g/mol. The number of hydrogen-bond acceptors (Lipinski definition) is 3. The minimum atomic E-state index is -1.00. The van der Waals surface area contributed by atoms with Crippen LogP contribution in [0.15, 0.2) is 6.20 Å². The Morgan fingerprint density at radius 2 is 2.15 bits per heavy atom. The molecule has 1 fully saturated rings. The number of carboxylic acid groups (broad SMARTS) is 1. The van der Waals surface area contributed by atoms with Crippen LogP contribution < -0.4 is 0 Å². The molecule has 6 heteroatoms. The molecule has 6 nitrogen and oxygen atoms in total. The van der Waals surface area contributed by atoms with E-state index in [0.29, 0.717) is 25.2 Å². The van der Waals surface area contributed by atoms with Gasteiger partial charge >= 0.3 is 5.97 Å². The monoisotopic (exact) mass is 279 g/mol. The standard InChI is InChI=1S/C14H21N3O3/c1-14(2)5-4-12(18)17(7-6-14)9-11-10(13(19)20)8-15-16(11)3/h8H,4-7,9H2,1-3H3,(H,19,20). The first-order valence-electron chi connectivity index (χ1n) is 6.82. The number of aryl methyl sites for hydroxylation is 1. The van der Waals surface area contributed by atoms with Crippen molar-refractivity contribution in [3.05, 3.63) is 17.5 Å². The maximum Gasteiger partial charge on any atom is 0.339 e. The molecule has 0 bridgehead atoms. The van der Waals surface area contributed by atoms with Gasteiger partial charge in [-0.05, 0) is 18.3 Å². The van der Waals surface area contributed by atoms with E-state index in [0.717, 1.165) is 12.8 Å². The molecule has 1 saturated heterocycles. The summed E-state index contributed by atoms with van der Waals surface area (Å²) in [6.45, 7) is 5.30. The summed E-state index contributed by atoms with van der Waals surface area (Å²) in [6, 6.07) is 0. The Hall–Kier alpha value is -1.85. The zero-order valence-corrected chi connectivity index (χ0v) is 12.2. The highest BCUT2D eigenvalue weighted by Gasteiger charge is 2.28. The van der Waals surface area contributed by atoms with Crippen LogP contribution >= 0.6 is 0 Å². The number of carbonyl (C=O) groups is 2. The number of carbonyl (C=O) groups excluding carboxylic acids is 1. The molecule has 0 spiro atoms. The van der Waals surface area contributed by atoms with Crippen molar-refractivity contribution in [3.63, 3.8) is 0 Å². The summed E-state index contributed by atoms with van der Waals surface area (Å²) in [5.41, 5.74) is 0.904. The van der Waals surface area contributed by atoms with Crippen LogP contribution in [-0.4, -0.2) is 38.2 Å². The lowest BCUT2D eigenvalue weighted by atomic mass is 9.85. The first kappa shape index (κ1) is 14.6. The number of aromatic nitrogens is 2. The third-order valence-electron chi connectivity index (χ3n) is 4.06. The average molecular weight is 279 g/mol. The van der Waals surface area contributed by atoms with Crippen LogP contribution in [0.25, 0.3) is 0 Å². The Morgan fingerprint density at radius 1 is 1.45 bits per heavy atom. The maximum atomic E-state index is 12.2. The van der Waals surface area contributed by atoms with Crippen LogP contribution in [0.5, 0.6) is 0 Å².